The van der Waals surface area contributed by atoms with Gasteiger partial charge in [-0.05, 0) is 62.3 Å². The van der Waals surface area contributed by atoms with Crippen molar-refractivity contribution in [3.05, 3.63) is 59.6 Å². The van der Waals surface area contributed by atoms with Crippen LogP contribution in [-0.4, -0.2) is 11.5 Å². The second-order valence-electron chi connectivity index (χ2n) is 7.56. The van der Waals surface area contributed by atoms with Crippen LogP contribution in [0.5, 0.6) is 0 Å². The van der Waals surface area contributed by atoms with E-state index in [2.05, 4.69) is 46.2 Å². The van der Waals surface area contributed by atoms with E-state index in [1.807, 2.05) is 12.1 Å². The Labute approximate surface area is 171 Å². The molecule has 0 unspecified atom stereocenters. The Hall–Kier alpha value is -2.03. The molecular formula is C25H38FNO. The first-order valence-electron chi connectivity index (χ1n) is 10.3. The number of hydrogen-bond acceptors (Lipinski definition) is 2. The standard InChI is InChI=1S/C18H24FN.C7H14O/c1-5-8-14(4)17(6-2)18(20-7-3)13-15-9-11-16(19)12-10-15;1-6(2)4-5-7(3)8/h7,9-12H,3,5-6,8,13H2,1-2,4H3;6H,4-5H2,1-3H3/b17-14+,20-18?;. The molecule has 0 bridgehead atoms. The maximum absolute atomic E-state index is 13.0. The van der Waals surface area contributed by atoms with Crippen molar-refractivity contribution in [2.45, 2.75) is 80.1 Å². The number of halogens is 1. The van der Waals surface area contributed by atoms with Crippen molar-refractivity contribution in [3.63, 3.8) is 0 Å². The van der Waals surface area contributed by atoms with E-state index >= 15 is 0 Å². The molecule has 0 aliphatic heterocycles. The van der Waals surface area contributed by atoms with Gasteiger partial charge in [-0.25, -0.2) is 4.39 Å². The molecule has 3 heteroatoms. The first-order valence-corrected chi connectivity index (χ1v) is 10.3. The van der Waals surface area contributed by atoms with Crippen LogP contribution in [0, 0.1) is 11.7 Å². The Morgan fingerprint density at radius 1 is 1.14 bits per heavy atom. The van der Waals surface area contributed by atoms with Crippen molar-refractivity contribution in [1.29, 1.82) is 0 Å². The van der Waals surface area contributed by atoms with Crippen LogP contribution in [0.3, 0.4) is 0 Å². The van der Waals surface area contributed by atoms with Crippen LogP contribution < -0.4 is 0 Å². The first kappa shape index (κ1) is 26.0. The molecular weight excluding hydrogens is 349 g/mol. The van der Waals surface area contributed by atoms with Gasteiger partial charge in [-0.2, -0.15) is 0 Å². The number of carbonyl (C=O) groups excluding carboxylic acids is 1. The average Bonchev–Trinajstić information content (AvgIpc) is 2.63. The van der Waals surface area contributed by atoms with Gasteiger partial charge < -0.3 is 4.79 Å². The van der Waals surface area contributed by atoms with E-state index in [-0.39, 0.29) is 5.82 Å². The van der Waals surface area contributed by atoms with Gasteiger partial charge in [0.05, 0.1) is 0 Å². The van der Waals surface area contributed by atoms with Gasteiger partial charge in [0.1, 0.15) is 11.6 Å². The van der Waals surface area contributed by atoms with Crippen LogP contribution >= 0.6 is 0 Å². The number of ketones is 1. The number of benzene rings is 1. The Bertz CT molecular complexity index is 654. The summed E-state index contributed by atoms with van der Waals surface area (Å²) in [6.45, 7) is 16.1. The summed E-state index contributed by atoms with van der Waals surface area (Å²) in [5.41, 5.74) is 4.80. The predicted octanol–water partition coefficient (Wildman–Crippen LogP) is 7.49. The summed E-state index contributed by atoms with van der Waals surface area (Å²) in [6.07, 6.45) is 7.27. The number of carbonyl (C=O) groups is 1. The van der Waals surface area contributed by atoms with Gasteiger partial charge in [0, 0.05) is 24.8 Å². The molecule has 2 nitrogen and oxygen atoms in total. The number of nitrogens with zero attached hydrogens (tertiary/aromatic N) is 1. The van der Waals surface area contributed by atoms with Crippen LogP contribution in [-0.2, 0) is 11.2 Å². The maximum atomic E-state index is 13.0. The molecule has 0 saturated carbocycles. The molecule has 0 saturated heterocycles. The molecule has 0 amide bonds. The Kier molecular flexibility index (Phi) is 13.9. The lowest BCUT2D eigenvalue weighted by Crippen LogP contribution is -2.09. The van der Waals surface area contributed by atoms with Crippen LogP contribution in [0.2, 0.25) is 0 Å². The third-order valence-corrected chi connectivity index (χ3v) is 4.45. The van der Waals surface area contributed by atoms with Crippen molar-refractivity contribution in [1.82, 2.24) is 0 Å². The highest BCUT2D eigenvalue weighted by molar-refractivity contribution is 6.02. The number of rotatable bonds is 10. The average molecular weight is 388 g/mol. The van der Waals surface area contributed by atoms with E-state index < -0.39 is 0 Å². The van der Waals surface area contributed by atoms with E-state index in [1.54, 1.807) is 13.1 Å². The fourth-order valence-electron chi connectivity index (χ4n) is 2.91. The number of allylic oxidation sites excluding steroid dienone is 2. The second kappa shape index (κ2) is 15.0. The largest absolute Gasteiger partial charge is 0.300 e. The summed E-state index contributed by atoms with van der Waals surface area (Å²) in [4.78, 5) is 14.8. The molecule has 1 rings (SSSR count). The number of hydrogen-bond donors (Lipinski definition) is 0. The molecule has 1 aromatic rings. The summed E-state index contributed by atoms with van der Waals surface area (Å²) in [5.74, 6) is 0.766. The zero-order valence-corrected chi connectivity index (χ0v) is 18.6. The lowest BCUT2D eigenvalue weighted by Gasteiger charge is -2.13. The lowest BCUT2D eigenvalue weighted by molar-refractivity contribution is -0.117. The van der Waals surface area contributed by atoms with Gasteiger partial charge in [0.15, 0.2) is 0 Å². The van der Waals surface area contributed by atoms with Crippen molar-refractivity contribution in [3.8, 4) is 0 Å². The summed E-state index contributed by atoms with van der Waals surface area (Å²) in [6, 6.07) is 6.62. The van der Waals surface area contributed by atoms with Gasteiger partial charge in [0.25, 0.3) is 0 Å². The van der Waals surface area contributed by atoms with Crippen molar-refractivity contribution in [2.24, 2.45) is 10.9 Å². The van der Waals surface area contributed by atoms with E-state index in [0.717, 1.165) is 49.8 Å². The smallest absolute Gasteiger partial charge is 0.129 e. The molecule has 156 valence electrons. The maximum Gasteiger partial charge on any atom is 0.129 e. The van der Waals surface area contributed by atoms with Gasteiger partial charge in [-0.15, -0.1) is 0 Å². The summed E-state index contributed by atoms with van der Waals surface area (Å²) in [7, 11) is 0. The van der Waals surface area contributed by atoms with Crippen molar-refractivity contribution >= 4 is 11.5 Å². The molecule has 0 heterocycles. The number of Topliss-reactive ketones (excluding diaryl/α,β-unsaturated/α-hetero) is 1. The molecule has 0 spiro atoms. The minimum absolute atomic E-state index is 0.204. The molecule has 1 aromatic carbocycles. The topological polar surface area (TPSA) is 29.4 Å². The van der Waals surface area contributed by atoms with Gasteiger partial charge >= 0.3 is 0 Å². The normalized spacial score (nSPS) is 12.2. The highest BCUT2D eigenvalue weighted by Gasteiger charge is 2.09. The van der Waals surface area contributed by atoms with E-state index in [1.165, 1.54) is 23.3 Å². The zero-order valence-electron chi connectivity index (χ0n) is 18.6. The Morgan fingerprint density at radius 2 is 1.75 bits per heavy atom. The first-order chi connectivity index (χ1) is 13.2. The minimum Gasteiger partial charge on any atom is -0.300 e. The Balaban J connectivity index is 0.000000769. The van der Waals surface area contributed by atoms with Gasteiger partial charge in [0.2, 0.25) is 0 Å². The second-order valence-corrected chi connectivity index (χ2v) is 7.56. The van der Waals surface area contributed by atoms with Gasteiger partial charge in [-0.3, -0.25) is 4.99 Å². The van der Waals surface area contributed by atoms with Crippen molar-refractivity contribution < 1.29 is 9.18 Å². The summed E-state index contributed by atoms with van der Waals surface area (Å²) >= 11 is 0. The predicted molar refractivity (Wildman–Crippen MR) is 120 cm³/mol. The molecule has 0 aliphatic rings. The monoisotopic (exact) mass is 387 g/mol. The van der Waals surface area contributed by atoms with Crippen LogP contribution in [0.4, 0.5) is 4.39 Å². The SMILES string of the molecule is C=CN=C(Cc1ccc(F)cc1)/C(CC)=C(\C)CCC.CC(=O)CCC(C)C. The number of aliphatic imine (C=N–C) groups is 1. The fraction of sp³-hybridized carbons (Fsp3) is 0.520. The van der Waals surface area contributed by atoms with E-state index in [4.69, 9.17) is 0 Å². The Morgan fingerprint density at radius 3 is 2.14 bits per heavy atom. The highest BCUT2D eigenvalue weighted by Crippen LogP contribution is 2.19. The third kappa shape index (κ3) is 11.6. The minimum atomic E-state index is -0.204. The van der Waals surface area contributed by atoms with Gasteiger partial charge in [-0.1, -0.05) is 58.4 Å². The van der Waals surface area contributed by atoms with Crippen LogP contribution in [0.1, 0.15) is 79.2 Å². The molecule has 0 atom stereocenters. The molecule has 0 N–H and O–H groups in total. The van der Waals surface area contributed by atoms with E-state index in [0.29, 0.717) is 11.7 Å². The van der Waals surface area contributed by atoms with Crippen LogP contribution in [0.25, 0.3) is 0 Å². The fourth-order valence-corrected chi connectivity index (χ4v) is 2.91. The summed E-state index contributed by atoms with van der Waals surface area (Å²) < 4.78 is 13.0. The van der Waals surface area contributed by atoms with E-state index in [9.17, 15) is 9.18 Å². The highest BCUT2D eigenvalue weighted by atomic mass is 19.1. The molecule has 0 fully saturated rings. The third-order valence-electron chi connectivity index (χ3n) is 4.45. The zero-order chi connectivity index (χ0) is 21.5. The van der Waals surface area contributed by atoms with Crippen LogP contribution in [0.15, 0.2) is 53.2 Å². The lowest BCUT2D eigenvalue weighted by atomic mass is 9.94. The molecule has 28 heavy (non-hydrogen) atoms. The molecule has 0 aromatic heterocycles. The molecule has 0 aliphatic carbocycles. The summed E-state index contributed by atoms with van der Waals surface area (Å²) in [5, 5.41) is 0. The quantitative estimate of drug-likeness (QED) is 0.382. The van der Waals surface area contributed by atoms with Crippen molar-refractivity contribution in [2.75, 3.05) is 0 Å². The molecule has 0 radical (unpaired) electrons.